The molecule has 0 bridgehead atoms. The number of fused-ring (bicyclic) bond motifs is 5. The highest BCUT2D eigenvalue weighted by Gasteiger charge is 2.30. The van der Waals surface area contributed by atoms with Gasteiger partial charge in [0.05, 0.1) is 64.0 Å². The summed E-state index contributed by atoms with van der Waals surface area (Å²) in [5.74, 6) is -7.20. The van der Waals surface area contributed by atoms with Crippen molar-refractivity contribution in [3.63, 3.8) is 0 Å². The molecule has 0 saturated heterocycles. The summed E-state index contributed by atoms with van der Waals surface area (Å²) >= 11 is 0. The Hall–Kier alpha value is -7.48. The lowest BCUT2D eigenvalue weighted by atomic mass is 9.92. The second kappa shape index (κ2) is 12.4. The van der Waals surface area contributed by atoms with Gasteiger partial charge in [0.1, 0.15) is 0 Å². The average molecular weight is 683 g/mol. The van der Waals surface area contributed by atoms with Crippen LogP contribution in [0.3, 0.4) is 0 Å². The second-order valence-corrected chi connectivity index (χ2v) is 11.7. The van der Waals surface area contributed by atoms with Crippen molar-refractivity contribution in [3.05, 3.63) is 161 Å². The summed E-state index contributed by atoms with van der Waals surface area (Å²) in [6.45, 7) is 14.6. The summed E-state index contributed by atoms with van der Waals surface area (Å²) in [6, 6.07) is 32.9. The van der Waals surface area contributed by atoms with Crippen molar-refractivity contribution in [2.45, 2.75) is 0 Å². The summed E-state index contributed by atoms with van der Waals surface area (Å²) in [4.78, 5) is 21.2. The predicted molar refractivity (Wildman–Crippen MR) is 191 cm³/mol. The van der Waals surface area contributed by atoms with Crippen molar-refractivity contribution >= 4 is 44.1 Å². The van der Waals surface area contributed by atoms with Crippen LogP contribution in [0, 0.1) is 47.7 Å². The zero-order valence-electron chi connectivity index (χ0n) is 26.6. The Morgan fingerprint density at radius 1 is 0.558 bits per heavy atom. The maximum Gasteiger partial charge on any atom is 0.262 e. The van der Waals surface area contributed by atoms with Crippen LogP contribution in [0.1, 0.15) is 5.56 Å². The van der Waals surface area contributed by atoms with Crippen LogP contribution in [0.2, 0.25) is 0 Å². The van der Waals surface area contributed by atoms with Gasteiger partial charge < -0.3 is 0 Å². The number of halogens is 4. The van der Waals surface area contributed by atoms with E-state index < -0.39 is 34.5 Å². The first-order valence-corrected chi connectivity index (χ1v) is 15.7. The molecule has 0 aliphatic heterocycles. The Morgan fingerprint density at radius 3 is 1.75 bits per heavy atom. The van der Waals surface area contributed by atoms with Crippen LogP contribution in [0.5, 0.6) is 0 Å². The number of nitriles is 1. The number of pyridine rings is 1. The Morgan fingerprint density at radius 2 is 1.13 bits per heavy atom. The lowest BCUT2D eigenvalue weighted by Crippen LogP contribution is -2.04. The Labute approximate surface area is 293 Å². The number of hydrogen-bond acceptors (Lipinski definition) is 4. The molecule has 0 unspecified atom stereocenters. The van der Waals surface area contributed by atoms with E-state index in [-0.39, 0.29) is 22.3 Å². The van der Waals surface area contributed by atoms with Crippen molar-refractivity contribution in [1.82, 2.24) is 15.0 Å². The van der Waals surface area contributed by atoms with Crippen molar-refractivity contribution in [2.75, 3.05) is 0 Å². The molecular formula is C42H18F4N6. The molecule has 0 aliphatic rings. The fourth-order valence-electron chi connectivity index (χ4n) is 6.39. The number of benzene rings is 6. The van der Waals surface area contributed by atoms with Gasteiger partial charge >= 0.3 is 0 Å². The first-order valence-electron chi connectivity index (χ1n) is 15.7. The topological polar surface area (TPSA) is 71.2 Å². The molecule has 6 nitrogen and oxygen atoms in total. The van der Waals surface area contributed by atoms with Crippen LogP contribution in [-0.2, 0) is 0 Å². The summed E-state index contributed by atoms with van der Waals surface area (Å²) in [5, 5.41) is 11.0. The lowest BCUT2D eigenvalue weighted by Gasteiger charge is -2.19. The van der Waals surface area contributed by atoms with Gasteiger partial charge in [-0.25, -0.2) is 42.2 Å². The maximum absolute atomic E-state index is 16.1. The SMILES string of the molecule is [C-]#[N+]c1ccc(-c2nc3c(-c4c(F)c(F)c([N+]#[C-])c(F)c4F)cc4c(-c5ccccc5)nc5ccccc5c4c3nc2-c2ccc(C#N)cc2)cc1. The van der Waals surface area contributed by atoms with Gasteiger partial charge in [-0.1, -0.05) is 84.9 Å². The summed E-state index contributed by atoms with van der Waals surface area (Å²) in [7, 11) is 0. The molecule has 0 saturated carbocycles. The Bertz CT molecular complexity index is 2880. The summed E-state index contributed by atoms with van der Waals surface area (Å²) in [5.41, 5.74) is 1.28. The molecule has 0 atom stereocenters. The zero-order chi connectivity index (χ0) is 36.1. The lowest BCUT2D eigenvalue weighted by molar-refractivity contribution is 0.465. The van der Waals surface area contributed by atoms with Gasteiger partial charge in [0.2, 0.25) is 0 Å². The van der Waals surface area contributed by atoms with E-state index in [9.17, 15) is 5.26 Å². The minimum absolute atomic E-state index is 0.0864. The predicted octanol–water partition coefficient (Wildman–Crippen LogP) is 11.5. The van der Waals surface area contributed by atoms with E-state index in [2.05, 4.69) is 15.8 Å². The second-order valence-electron chi connectivity index (χ2n) is 11.7. The van der Waals surface area contributed by atoms with Crippen LogP contribution >= 0.6 is 0 Å². The number of nitrogens with zero attached hydrogens (tertiary/aromatic N) is 6. The summed E-state index contributed by atoms with van der Waals surface area (Å²) in [6.07, 6.45) is 0. The van der Waals surface area contributed by atoms with Gasteiger partial charge in [-0.05, 0) is 29.8 Å². The number of hydrogen-bond donors (Lipinski definition) is 0. The van der Waals surface area contributed by atoms with Crippen LogP contribution < -0.4 is 0 Å². The van der Waals surface area contributed by atoms with Gasteiger partial charge in [0.25, 0.3) is 5.69 Å². The molecule has 0 spiro atoms. The van der Waals surface area contributed by atoms with E-state index in [1.165, 1.54) is 6.07 Å². The molecule has 2 aromatic heterocycles. The zero-order valence-corrected chi connectivity index (χ0v) is 26.6. The van der Waals surface area contributed by atoms with E-state index in [0.717, 1.165) is 0 Å². The standard InChI is InChI=1S/C42H18F4N6/c1-48-26-18-16-25(17-19-26)38-39(24-14-12-22(21-47)13-15-24)52-41-31-27-10-6-7-11-30(27)50-37(23-8-4-3-5-9-23)28(31)20-29(40(41)51-38)32-33(43)35(45)42(49-2)36(46)34(32)44/h3-20H. The fraction of sp³-hybridized carbons (Fsp3) is 0. The minimum Gasteiger partial charge on any atom is -0.247 e. The molecule has 8 rings (SSSR count). The first kappa shape index (κ1) is 31.8. The molecular weight excluding hydrogens is 664 g/mol. The van der Waals surface area contributed by atoms with Crippen LogP contribution in [0.15, 0.2) is 109 Å². The van der Waals surface area contributed by atoms with E-state index in [4.69, 9.17) is 28.1 Å². The van der Waals surface area contributed by atoms with Gasteiger partial charge in [-0.3, -0.25) is 0 Å². The van der Waals surface area contributed by atoms with Crippen LogP contribution in [0.25, 0.3) is 87.3 Å². The fourth-order valence-corrected chi connectivity index (χ4v) is 6.39. The third-order valence-corrected chi connectivity index (χ3v) is 8.83. The maximum atomic E-state index is 16.1. The van der Waals surface area contributed by atoms with Crippen LogP contribution in [-0.4, -0.2) is 15.0 Å². The highest BCUT2D eigenvalue weighted by atomic mass is 19.2. The normalized spacial score (nSPS) is 11.0. The van der Waals surface area contributed by atoms with Gasteiger partial charge in [-0.2, -0.15) is 5.26 Å². The Kier molecular flexibility index (Phi) is 7.60. The molecule has 2 heterocycles. The van der Waals surface area contributed by atoms with Crippen molar-refractivity contribution in [1.29, 1.82) is 5.26 Å². The molecule has 10 heteroatoms. The van der Waals surface area contributed by atoms with Crippen molar-refractivity contribution in [2.24, 2.45) is 0 Å². The van der Waals surface area contributed by atoms with E-state index in [1.54, 1.807) is 54.6 Å². The van der Waals surface area contributed by atoms with Gasteiger partial charge in [0.15, 0.2) is 29.0 Å². The molecule has 0 amide bonds. The first-order chi connectivity index (χ1) is 25.3. The molecule has 0 radical (unpaired) electrons. The monoisotopic (exact) mass is 682 g/mol. The smallest absolute Gasteiger partial charge is 0.247 e. The third kappa shape index (κ3) is 4.96. The van der Waals surface area contributed by atoms with Crippen LogP contribution in [0.4, 0.5) is 28.9 Å². The molecule has 0 aliphatic carbocycles. The average Bonchev–Trinajstić information content (AvgIpc) is 3.20. The minimum atomic E-state index is -1.84. The molecule has 6 aromatic carbocycles. The van der Waals surface area contributed by atoms with E-state index >= 15 is 17.6 Å². The quantitative estimate of drug-likeness (QED) is 0.0802. The third-order valence-electron chi connectivity index (χ3n) is 8.83. The van der Waals surface area contributed by atoms with Gasteiger partial charge in [0, 0.05) is 32.8 Å². The molecule has 0 N–H and O–H groups in total. The van der Waals surface area contributed by atoms with Crippen molar-refractivity contribution in [3.8, 4) is 51.0 Å². The highest BCUT2D eigenvalue weighted by Crippen LogP contribution is 2.45. The van der Waals surface area contributed by atoms with E-state index in [0.29, 0.717) is 61.0 Å². The molecule has 8 aromatic rings. The molecule has 0 fully saturated rings. The molecule has 244 valence electrons. The number of para-hydroxylation sites is 1. The summed E-state index contributed by atoms with van der Waals surface area (Å²) < 4.78 is 62.8. The van der Waals surface area contributed by atoms with Crippen molar-refractivity contribution < 1.29 is 17.6 Å². The highest BCUT2D eigenvalue weighted by molar-refractivity contribution is 6.24. The molecule has 52 heavy (non-hydrogen) atoms. The largest absolute Gasteiger partial charge is 0.262 e. The number of aromatic nitrogens is 3. The van der Waals surface area contributed by atoms with Gasteiger partial charge in [-0.15, -0.1) is 0 Å². The number of rotatable bonds is 4. The van der Waals surface area contributed by atoms with E-state index in [1.807, 2.05) is 48.5 Å². The Balaban J connectivity index is 1.63.